The molecule has 0 aromatic rings. The number of carbonyl (C=O) groups excluding carboxylic acids is 2. The van der Waals surface area contributed by atoms with E-state index in [1.54, 1.807) is 0 Å². The van der Waals surface area contributed by atoms with Crippen molar-refractivity contribution < 1.29 is 18.8 Å². The van der Waals surface area contributed by atoms with Gasteiger partial charge < -0.3 is 14.5 Å². The maximum absolute atomic E-state index is 11.6. The van der Waals surface area contributed by atoms with Gasteiger partial charge >= 0.3 is 5.97 Å². The van der Waals surface area contributed by atoms with Crippen molar-refractivity contribution in [1.82, 2.24) is 5.32 Å². The zero-order chi connectivity index (χ0) is 14.8. The molecule has 1 rings (SSSR count). The quantitative estimate of drug-likeness (QED) is 0.467. The molecule has 0 bridgehead atoms. The van der Waals surface area contributed by atoms with E-state index < -0.39 is 16.0 Å². The van der Waals surface area contributed by atoms with Gasteiger partial charge in [-0.1, -0.05) is 20.8 Å². The van der Waals surface area contributed by atoms with Crippen LogP contribution in [0.1, 0.15) is 48.0 Å². The summed E-state index contributed by atoms with van der Waals surface area (Å²) in [6, 6.07) is 0. The highest BCUT2D eigenvalue weighted by Crippen LogP contribution is 2.31. The van der Waals surface area contributed by atoms with Crippen molar-refractivity contribution in [1.29, 1.82) is 0 Å². The average Bonchev–Trinajstić information content (AvgIpc) is 2.22. The Bertz CT molecular complexity index is 362. The van der Waals surface area contributed by atoms with Crippen molar-refractivity contribution >= 4 is 21.6 Å². The summed E-state index contributed by atoms with van der Waals surface area (Å²) in [5, 5.41) is 2.81. The van der Waals surface area contributed by atoms with Crippen molar-refractivity contribution in [3.8, 4) is 0 Å². The van der Waals surface area contributed by atoms with Gasteiger partial charge in [-0.25, -0.2) is 0 Å². The number of carbonyl (C=O) groups is 2. The van der Waals surface area contributed by atoms with Crippen LogP contribution in [0.4, 0.5) is 0 Å². The fraction of sp³-hybridized carbons (Fsp3) is 0.846. The zero-order valence-corrected chi connectivity index (χ0v) is 14.1. The van der Waals surface area contributed by atoms with Crippen LogP contribution in [0, 0.1) is 5.92 Å². The van der Waals surface area contributed by atoms with Crippen LogP contribution < -0.4 is 5.32 Å². The molecule has 1 saturated heterocycles. The number of ether oxygens (including phenoxy) is 1. The molecule has 1 aliphatic heterocycles. The van der Waals surface area contributed by atoms with Crippen molar-refractivity contribution in [3.63, 3.8) is 0 Å². The number of β-lactam (4-membered cyclic amide) rings is 1. The molecule has 1 fully saturated rings. The number of nitrogens with one attached hydrogen (secondary N) is 1. The van der Waals surface area contributed by atoms with Gasteiger partial charge in [-0.3, -0.25) is 9.59 Å². The van der Waals surface area contributed by atoms with Gasteiger partial charge in [-0.05, 0) is 25.3 Å². The second-order valence-corrected chi connectivity index (χ2v) is 9.66. The van der Waals surface area contributed by atoms with Crippen LogP contribution >= 0.6 is 0 Å². The lowest BCUT2D eigenvalue weighted by molar-refractivity contribution is -0.170. The van der Waals surface area contributed by atoms with Gasteiger partial charge in [0.1, 0.15) is 0 Å². The first-order valence-corrected chi connectivity index (χ1v) is 7.90. The summed E-state index contributed by atoms with van der Waals surface area (Å²) < 4.78 is 11.1. The van der Waals surface area contributed by atoms with Gasteiger partial charge in [-0.2, -0.15) is 0 Å². The molecule has 0 saturated carbocycles. The van der Waals surface area contributed by atoms with E-state index >= 15 is 0 Å². The van der Waals surface area contributed by atoms with Crippen LogP contribution in [0.2, 0.25) is 5.04 Å². The van der Waals surface area contributed by atoms with Crippen LogP contribution in [-0.2, 0) is 18.8 Å². The van der Waals surface area contributed by atoms with E-state index in [0.29, 0.717) is 6.42 Å². The van der Waals surface area contributed by atoms with Gasteiger partial charge in [0.15, 0.2) is 16.0 Å². The second-order valence-electron chi connectivity index (χ2n) is 6.96. The van der Waals surface area contributed by atoms with E-state index in [9.17, 15) is 9.59 Å². The van der Waals surface area contributed by atoms with Crippen LogP contribution in [0.3, 0.4) is 0 Å². The van der Waals surface area contributed by atoms with E-state index in [1.165, 1.54) is 6.92 Å². The minimum absolute atomic E-state index is 0.0691. The van der Waals surface area contributed by atoms with Gasteiger partial charge in [0.2, 0.25) is 5.91 Å². The maximum Gasteiger partial charge on any atom is 0.304 e. The molecule has 1 aliphatic rings. The number of hydrogen-bond acceptors (Lipinski definition) is 4. The maximum atomic E-state index is 11.6. The molecule has 19 heavy (non-hydrogen) atoms. The van der Waals surface area contributed by atoms with Gasteiger partial charge in [0.25, 0.3) is 0 Å². The smallest absolute Gasteiger partial charge is 0.304 e. The Morgan fingerprint density at radius 1 is 1.32 bits per heavy atom. The predicted octanol–water partition coefficient (Wildman–Crippen LogP) is 1.11. The first-order chi connectivity index (χ1) is 8.50. The first kappa shape index (κ1) is 16.2. The van der Waals surface area contributed by atoms with Crippen molar-refractivity contribution in [2.24, 2.45) is 5.92 Å². The third-order valence-corrected chi connectivity index (χ3v) is 4.68. The Labute approximate surface area is 117 Å². The SMILES string of the molecule is CC(=O)OC1NC(=O)C1CC(C)(C)O[SiH2]C(C)(C)C. The summed E-state index contributed by atoms with van der Waals surface area (Å²) in [4.78, 5) is 22.5. The molecule has 6 heteroatoms. The van der Waals surface area contributed by atoms with E-state index in [-0.39, 0.29) is 28.4 Å². The number of esters is 1. The van der Waals surface area contributed by atoms with Crippen molar-refractivity contribution in [3.05, 3.63) is 0 Å². The number of amides is 1. The molecule has 0 spiro atoms. The Morgan fingerprint density at radius 2 is 1.89 bits per heavy atom. The van der Waals surface area contributed by atoms with Crippen molar-refractivity contribution in [2.45, 2.75) is 64.8 Å². The minimum Gasteiger partial charge on any atom is -0.441 e. The van der Waals surface area contributed by atoms with Crippen molar-refractivity contribution in [2.75, 3.05) is 0 Å². The van der Waals surface area contributed by atoms with E-state index in [0.717, 1.165) is 0 Å². The molecule has 0 aromatic heterocycles. The van der Waals surface area contributed by atoms with Crippen LogP contribution in [0.5, 0.6) is 0 Å². The third kappa shape index (κ3) is 5.32. The summed E-state index contributed by atoms with van der Waals surface area (Å²) in [6.45, 7) is 11.8. The molecule has 1 N–H and O–H groups in total. The van der Waals surface area contributed by atoms with Crippen LogP contribution in [0.25, 0.3) is 0 Å². The third-order valence-electron chi connectivity index (χ3n) is 2.89. The van der Waals surface area contributed by atoms with Gasteiger partial charge in [0, 0.05) is 6.92 Å². The lowest BCUT2D eigenvalue weighted by atomic mass is 9.87. The second kappa shape index (κ2) is 5.62. The predicted molar refractivity (Wildman–Crippen MR) is 75.2 cm³/mol. The first-order valence-electron chi connectivity index (χ1n) is 6.62. The number of rotatable bonds is 5. The van der Waals surface area contributed by atoms with Gasteiger partial charge in [0.05, 0.1) is 11.5 Å². The Kier molecular flexibility index (Phi) is 4.79. The molecule has 110 valence electrons. The normalized spacial score (nSPS) is 24.2. The lowest BCUT2D eigenvalue weighted by Crippen LogP contribution is -2.61. The molecule has 2 unspecified atom stereocenters. The minimum atomic E-state index is -0.676. The van der Waals surface area contributed by atoms with Crippen LogP contribution in [0.15, 0.2) is 0 Å². The van der Waals surface area contributed by atoms with E-state index in [1.807, 2.05) is 13.8 Å². The molecule has 0 radical (unpaired) electrons. The fourth-order valence-electron chi connectivity index (χ4n) is 1.88. The summed E-state index contributed by atoms with van der Waals surface area (Å²) in [5.41, 5.74) is -0.361. The highest BCUT2D eigenvalue weighted by Gasteiger charge is 2.45. The fourth-order valence-corrected chi connectivity index (χ4v) is 2.82. The van der Waals surface area contributed by atoms with Gasteiger partial charge in [-0.15, -0.1) is 0 Å². The highest BCUT2D eigenvalue weighted by atomic mass is 28.2. The molecule has 0 aliphatic carbocycles. The Hall–Kier alpha value is -0.883. The van der Waals surface area contributed by atoms with E-state index in [2.05, 4.69) is 26.1 Å². The van der Waals surface area contributed by atoms with Crippen LogP contribution in [-0.4, -0.2) is 33.5 Å². The average molecular weight is 287 g/mol. The Morgan fingerprint density at radius 3 is 2.32 bits per heavy atom. The summed E-state index contributed by atoms with van der Waals surface area (Å²) in [7, 11) is -0.676. The monoisotopic (exact) mass is 287 g/mol. The topological polar surface area (TPSA) is 64.6 Å². The summed E-state index contributed by atoms with van der Waals surface area (Å²) >= 11 is 0. The lowest BCUT2D eigenvalue weighted by Gasteiger charge is -2.40. The molecular formula is C13H25NO4Si. The molecular weight excluding hydrogens is 262 g/mol. The summed E-state index contributed by atoms with van der Waals surface area (Å²) in [6.07, 6.45) is 0.0732. The largest absolute Gasteiger partial charge is 0.441 e. The highest BCUT2D eigenvalue weighted by molar-refractivity contribution is 6.31. The molecule has 1 heterocycles. The molecule has 5 nitrogen and oxygen atoms in total. The zero-order valence-electron chi connectivity index (χ0n) is 12.7. The Balaban J connectivity index is 2.51. The van der Waals surface area contributed by atoms with E-state index in [4.69, 9.17) is 9.16 Å². The number of hydrogen-bond donors (Lipinski definition) is 1. The molecule has 0 aromatic carbocycles. The summed E-state index contributed by atoms with van der Waals surface area (Å²) in [5.74, 6) is -0.744. The molecule has 2 atom stereocenters. The molecule has 1 amide bonds. The standard InChI is InChI=1S/C13H25NO4Si/c1-8(15)17-11-9(10(16)14-11)7-13(5,6)18-19-12(2,3)4/h9,11H,7,19H2,1-6H3,(H,14,16).